The Morgan fingerprint density at radius 3 is 1.39 bits per heavy atom. The van der Waals surface area contributed by atoms with Gasteiger partial charge in [-0.15, -0.1) is 0 Å². The average molecular weight is 1260 g/mol. The Morgan fingerprint density at radius 1 is 0.385 bits per heavy atom. The molecule has 13 heteroatoms. The number of carbonyl (C=O) groups excluding carboxylic acids is 2. The Kier molecular flexibility index (Phi) is 20.3. The van der Waals surface area contributed by atoms with Crippen LogP contribution in [0.2, 0.25) is 0 Å². The Bertz CT molecular complexity index is 4710. The molecule has 0 aliphatic rings. The van der Waals surface area contributed by atoms with Crippen molar-refractivity contribution in [3.63, 3.8) is 0 Å². The van der Waals surface area contributed by atoms with Gasteiger partial charge in [-0.1, -0.05) is 210 Å². The normalized spacial score (nSPS) is 12.8. The Morgan fingerprint density at radius 2 is 0.833 bits per heavy atom. The summed E-state index contributed by atoms with van der Waals surface area (Å²) >= 11 is 0. The van der Waals surface area contributed by atoms with Gasteiger partial charge in [0, 0.05) is 78.4 Å². The van der Waals surface area contributed by atoms with Crippen molar-refractivity contribution in [2.24, 2.45) is 15.5 Å². The number of hydrogen-bond acceptors (Lipinski definition) is 12. The summed E-state index contributed by atoms with van der Waals surface area (Å²) in [5.41, 5.74) is 17.8. The number of aromatic nitrogens is 3. The highest BCUT2D eigenvalue weighted by Gasteiger charge is 2.26. The SMILES string of the molecule is Cc1cc(C(CC(c2ccc(-c3ccc(C(=O)O)cc3)cc2)c2ccccc2C)=NOC(=O)c2cccc(-c3ccc(C(CC(=NOC(=O)c4ccc(-c5ccc(C(CC(N=O)c6ccncc6)c6ccccc6)cc5)cc4)c4ccncc4)c4ccccc4)cc3)c2)ccn1. The number of oxime groups is 2. The predicted octanol–water partition coefficient (Wildman–Crippen LogP) is 18.8. The van der Waals surface area contributed by atoms with Crippen LogP contribution in [0, 0.1) is 18.8 Å². The minimum atomic E-state index is -0.976. The summed E-state index contributed by atoms with van der Waals surface area (Å²) in [6.07, 6.45) is 9.69. The van der Waals surface area contributed by atoms with E-state index in [-0.39, 0.29) is 23.3 Å². The lowest BCUT2D eigenvalue weighted by molar-refractivity contribution is 0.0507. The topological polar surface area (TPSA) is 183 Å². The van der Waals surface area contributed by atoms with Crippen LogP contribution >= 0.6 is 0 Å². The van der Waals surface area contributed by atoms with Crippen LogP contribution in [0.5, 0.6) is 0 Å². The lowest BCUT2D eigenvalue weighted by Gasteiger charge is -2.21. The summed E-state index contributed by atoms with van der Waals surface area (Å²) in [5, 5.41) is 22.2. The van der Waals surface area contributed by atoms with E-state index < -0.39 is 23.9 Å². The van der Waals surface area contributed by atoms with Crippen molar-refractivity contribution in [3.8, 4) is 33.4 Å². The average Bonchev–Trinajstić information content (AvgIpc) is 2.35. The van der Waals surface area contributed by atoms with Crippen molar-refractivity contribution in [1.82, 2.24) is 15.0 Å². The first-order valence-corrected chi connectivity index (χ1v) is 31.6. The summed E-state index contributed by atoms with van der Waals surface area (Å²) in [6.45, 7) is 3.99. The zero-order chi connectivity index (χ0) is 66.2. The monoisotopic (exact) mass is 1260 g/mol. The zero-order valence-electron chi connectivity index (χ0n) is 52.8. The molecule has 0 fully saturated rings. The van der Waals surface area contributed by atoms with Crippen LogP contribution in [0.3, 0.4) is 0 Å². The molecule has 0 aliphatic heterocycles. The van der Waals surface area contributed by atoms with Crippen LogP contribution in [0.4, 0.5) is 0 Å². The second-order valence-corrected chi connectivity index (χ2v) is 23.5. The third-order valence-corrected chi connectivity index (χ3v) is 17.5. The molecule has 12 rings (SSSR count). The third-order valence-electron chi connectivity index (χ3n) is 17.5. The van der Waals surface area contributed by atoms with Crippen molar-refractivity contribution >= 4 is 29.3 Å². The number of carbonyl (C=O) groups is 3. The summed E-state index contributed by atoms with van der Waals surface area (Å²) < 4.78 is 0. The fourth-order valence-corrected chi connectivity index (χ4v) is 12.2. The smallest absolute Gasteiger partial charge is 0.365 e. The predicted molar refractivity (Wildman–Crippen MR) is 376 cm³/mol. The van der Waals surface area contributed by atoms with Crippen molar-refractivity contribution < 1.29 is 29.2 Å². The maximum absolute atomic E-state index is 14.2. The van der Waals surface area contributed by atoms with Crippen molar-refractivity contribution in [2.75, 3.05) is 0 Å². The van der Waals surface area contributed by atoms with Crippen LogP contribution in [0.15, 0.2) is 313 Å². The molecule has 0 bridgehead atoms. The highest BCUT2D eigenvalue weighted by Crippen LogP contribution is 2.39. The van der Waals surface area contributed by atoms with Crippen LogP contribution in [-0.4, -0.2) is 49.4 Å². The quantitative estimate of drug-likeness (QED) is 0.0264. The lowest BCUT2D eigenvalue weighted by atomic mass is 9.83. The minimum Gasteiger partial charge on any atom is -0.478 e. The molecule has 0 saturated heterocycles. The molecule has 9 aromatic carbocycles. The second-order valence-electron chi connectivity index (χ2n) is 23.5. The molecule has 13 nitrogen and oxygen atoms in total. The number of rotatable bonds is 24. The van der Waals surface area contributed by atoms with Gasteiger partial charge >= 0.3 is 17.9 Å². The lowest BCUT2D eigenvalue weighted by Crippen LogP contribution is -2.13. The first kappa shape index (κ1) is 63.9. The first-order valence-electron chi connectivity index (χ1n) is 31.6. The Hall–Kier alpha value is -12.2. The van der Waals surface area contributed by atoms with E-state index in [1.807, 2.05) is 153 Å². The van der Waals surface area contributed by atoms with Crippen molar-refractivity contribution in [2.45, 2.75) is 56.9 Å². The molecule has 96 heavy (non-hydrogen) atoms. The maximum Gasteiger partial charge on any atom is 0.365 e. The molecule has 0 aliphatic carbocycles. The Labute approximate surface area is 557 Å². The molecule has 0 spiro atoms. The van der Waals surface area contributed by atoms with Crippen LogP contribution < -0.4 is 0 Å². The maximum atomic E-state index is 14.2. The van der Waals surface area contributed by atoms with Gasteiger partial charge in [-0.2, -0.15) is 4.91 Å². The van der Waals surface area contributed by atoms with E-state index in [0.717, 1.165) is 94.7 Å². The summed E-state index contributed by atoms with van der Waals surface area (Å²) in [6, 6.07) is 85.1. The highest BCUT2D eigenvalue weighted by atomic mass is 16.7. The summed E-state index contributed by atoms with van der Waals surface area (Å²) in [4.78, 5) is 76.4. The number of pyridine rings is 3. The number of nitroso groups, excluding NO2 is 1. The van der Waals surface area contributed by atoms with Gasteiger partial charge in [0.05, 0.1) is 28.1 Å². The molecule has 4 unspecified atom stereocenters. The summed E-state index contributed by atoms with van der Waals surface area (Å²) in [5.74, 6) is -2.71. The molecular weight excluding hydrogens is 1190 g/mol. The number of benzene rings is 9. The standard InChI is InChI=1S/C83H66N6O7/c1-55-12-9-10-19-74(55)77(66-34-22-58(23-35-66)59-26-36-69(37-27-59)81(90)91)54-80(72-44-49-86-56(2)50-72)89-96-83(93)73-18-11-17-71(51-73)61-24-32-65(33-25-61)76(63-15-7-4-8-16-63)53-79(68-42-47-85-48-43-68)88-95-82(92)70-38-28-60(29-39-70)57-20-30-64(31-21-57)75(62-13-5-3-6-14-62)52-78(87-94)67-40-45-84-46-41-67/h3-51,75-78H,52-54H2,1-2H3,(H,90,91). The van der Waals surface area contributed by atoms with Crippen LogP contribution in [0.25, 0.3) is 33.4 Å². The van der Waals surface area contributed by atoms with Gasteiger partial charge in [0.15, 0.2) is 0 Å². The number of carboxylic acid groups (broad SMARTS) is 1. The van der Waals surface area contributed by atoms with E-state index in [4.69, 9.17) is 9.68 Å². The minimum absolute atomic E-state index is 0.0881. The second kappa shape index (κ2) is 30.5. The number of hydrogen-bond donors (Lipinski definition) is 1. The van der Waals surface area contributed by atoms with Gasteiger partial charge < -0.3 is 14.8 Å². The molecule has 3 aromatic heterocycles. The third kappa shape index (κ3) is 15.6. The molecule has 3 heterocycles. The van der Waals surface area contributed by atoms with Crippen molar-refractivity contribution in [3.05, 3.63) is 381 Å². The number of nitrogens with zero attached hydrogens (tertiary/aromatic N) is 6. The number of carboxylic acids is 1. The van der Waals surface area contributed by atoms with E-state index in [9.17, 15) is 24.4 Å². The van der Waals surface area contributed by atoms with Crippen molar-refractivity contribution in [1.29, 1.82) is 0 Å². The molecular formula is C83H66N6O7. The van der Waals surface area contributed by atoms with Crippen LogP contribution in [0.1, 0.15) is 135 Å². The van der Waals surface area contributed by atoms with Gasteiger partial charge in [-0.25, -0.2) is 14.4 Å². The summed E-state index contributed by atoms with van der Waals surface area (Å²) in [7, 11) is 0. The highest BCUT2D eigenvalue weighted by molar-refractivity contribution is 6.03. The van der Waals surface area contributed by atoms with Crippen LogP contribution in [-0.2, 0) is 9.68 Å². The number of aryl methyl sites for hydroxylation is 2. The van der Waals surface area contributed by atoms with Gasteiger partial charge in [0.1, 0.15) is 6.04 Å². The van der Waals surface area contributed by atoms with Gasteiger partial charge in [-0.3, -0.25) is 15.0 Å². The molecule has 0 radical (unpaired) electrons. The molecule has 0 saturated carbocycles. The van der Waals surface area contributed by atoms with E-state index in [2.05, 4.69) is 122 Å². The first-order chi connectivity index (χ1) is 47.0. The molecule has 470 valence electrons. The number of aromatic carboxylic acids is 1. The van der Waals surface area contributed by atoms with E-state index in [1.54, 1.807) is 67.4 Å². The van der Waals surface area contributed by atoms with Gasteiger partial charge in [-0.05, 0) is 171 Å². The molecule has 0 amide bonds. The zero-order valence-corrected chi connectivity index (χ0v) is 52.8. The molecule has 4 atom stereocenters. The fraction of sp³-hybridized carbons (Fsp3) is 0.108. The van der Waals surface area contributed by atoms with E-state index in [0.29, 0.717) is 41.8 Å². The van der Waals surface area contributed by atoms with E-state index in [1.165, 1.54) is 0 Å². The van der Waals surface area contributed by atoms with Gasteiger partial charge in [0.2, 0.25) is 0 Å². The van der Waals surface area contributed by atoms with Gasteiger partial charge in [0.25, 0.3) is 0 Å². The fourth-order valence-electron chi connectivity index (χ4n) is 12.2. The molecule has 1 N–H and O–H groups in total. The van der Waals surface area contributed by atoms with E-state index >= 15 is 0 Å². The Balaban J connectivity index is 0.753. The largest absolute Gasteiger partial charge is 0.478 e. The molecule has 12 aromatic rings.